The second-order valence-corrected chi connectivity index (χ2v) is 12.5. The van der Waals surface area contributed by atoms with Crippen LogP contribution in [0.25, 0.3) is 66.1 Å². The smallest absolute Gasteiger partial charge is 0.256 e. The standard InChI is InChI=1S/C42H25BN2O/c1-3-12-26(13-4-1)27-22-38-41-40(23-27)46-39-21-10-8-18-33(39)43(41)34-19-11-17-30-32-24-31-29-16-7-9-20-35(29)44(28-14-5-2-6-15-28)36(31)25-37(32)45(38)42(30)34/h1-25H. The number of aromatic nitrogens is 2. The van der Waals surface area contributed by atoms with E-state index >= 15 is 0 Å². The van der Waals surface area contributed by atoms with Gasteiger partial charge in [0.1, 0.15) is 11.5 Å². The van der Waals surface area contributed by atoms with E-state index < -0.39 is 0 Å². The molecule has 0 spiro atoms. The van der Waals surface area contributed by atoms with Gasteiger partial charge in [-0.1, -0.05) is 103 Å². The maximum absolute atomic E-state index is 6.76. The van der Waals surface area contributed by atoms with Crippen molar-refractivity contribution in [3.05, 3.63) is 152 Å². The van der Waals surface area contributed by atoms with Gasteiger partial charge in [0.15, 0.2) is 0 Å². The van der Waals surface area contributed by atoms with Gasteiger partial charge in [-0.15, -0.1) is 0 Å². The lowest BCUT2D eigenvalue weighted by molar-refractivity contribution is 0.487. The molecule has 0 bridgehead atoms. The van der Waals surface area contributed by atoms with E-state index in [-0.39, 0.29) is 6.71 Å². The molecule has 0 saturated heterocycles. The normalized spacial score (nSPS) is 12.9. The van der Waals surface area contributed by atoms with Crippen LogP contribution in [0.15, 0.2) is 152 Å². The van der Waals surface area contributed by atoms with Crippen LogP contribution >= 0.6 is 0 Å². The molecule has 3 nitrogen and oxygen atoms in total. The molecule has 2 aliphatic heterocycles. The Morgan fingerprint density at radius 3 is 2.02 bits per heavy atom. The van der Waals surface area contributed by atoms with Crippen LogP contribution in [-0.4, -0.2) is 15.8 Å². The van der Waals surface area contributed by atoms with Crippen molar-refractivity contribution in [2.24, 2.45) is 0 Å². The highest BCUT2D eigenvalue weighted by Gasteiger charge is 2.40. The molecule has 0 amide bonds. The second kappa shape index (κ2) is 8.80. The van der Waals surface area contributed by atoms with Crippen molar-refractivity contribution in [2.75, 3.05) is 0 Å². The quantitative estimate of drug-likeness (QED) is 0.187. The Kier molecular flexibility index (Phi) is 4.66. The molecule has 2 aliphatic rings. The summed E-state index contributed by atoms with van der Waals surface area (Å²) < 4.78 is 11.7. The SMILES string of the molecule is c1ccc(-c2cc3c4c(c2)-n2c5cc6c(cc5c5cccc(c52)B4c2ccccc2O3)c2ccccc2n6-c2ccccc2)cc1. The average molecular weight is 584 g/mol. The number of hydrogen-bond acceptors (Lipinski definition) is 1. The zero-order valence-electron chi connectivity index (χ0n) is 24.8. The van der Waals surface area contributed by atoms with Crippen molar-refractivity contribution in [2.45, 2.75) is 0 Å². The predicted octanol–water partition coefficient (Wildman–Crippen LogP) is 8.48. The Bertz CT molecular complexity index is 2720. The molecule has 0 aliphatic carbocycles. The minimum atomic E-state index is 0.0914. The number of ether oxygens (including phenoxy) is 1. The second-order valence-electron chi connectivity index (χ2n) is 12.5. The van der Waals surface area contributed by atoms with Gasteiger partial charge in [0.25, 0.3) is 6.71 Å². The van der Waals surface area contributed by atoms with Gasteiger partial charge in [-0.2, -0.15) is 0 Å². The number of benzene rings is 7. The number of hydrogen-bond donors (Lipinski definition) is 0. The zero-order chi connectivity index (χ0) is 29.9. The van der Waals surface area contributed by atoms with E-state index in [1.807, 2.05) is 0 Å². The average Bonchev–Trinajstić information content (AvgIpc) is 3.62. The summed E-state index contributed by atoms with van der Waals surface area (Å²) in [5.41, 5.74) is 13.4. The summed E-state index contributed by atoms with van der Waals surface area (Å²) >= 11 is 0. The van der Waals surface area contributed by atoms with Gasteiger partial charge in [0, 0.05) is 38.4 Å². The molecule has 4 heterocycles. The Hall–Kier alpha value is -6.00. The Labute approximate surface area is 265 Å². The predicted molar refractivity (Wildman–Crippen MR) is 192 cm³/mol. The Balaban J connectivity index is 1.33. The molecule has 11 rings (SSSR count). The van der Waals surface area contributed by atoms with Gasteiger partial charge >= 0.3 is 0 Å². The molecule has 2 aromatic heterocycles. The van der Waals surface area contributed by atoms with Crippen LogP contribution in [0, 0.1) is 0 Å². The number of para-hydroxylation sites is 4. The summed E-state index contributed by atoms with van der Waals surface area (Å²) in [6, 6.07) is 55.0. The zero-order valence-corrected chi connectivity index (χ0v) is 24.8. The van der Waals surface area contributed by atoms with Gasteiger partial charge in [0.2, 0.25) is 0 Å². The third-order valence-electron chi connectivity index (χ3n) is 10.1. The van der Waals surface area contributed by atoms with Crippen molar-refractivity contribution in [3.8, 4) is 34.0 Å². The first-order valence-electron chi connectivity index (χ1n) is 15.9. The summed E-state index contributed by atoms with van der Waals surface area (Å²) in [5.74, 6) is 1.87. The minimum absolute atomic E-state index is 0.0914. The molecule has 0 radical (unpaired) electrons. The van der Waals surface area contributed by atoms with Crippen molar-refractivity contribution in [3.63, 3.8) is 0 Å². The largest absolute Gasteiger partial charge is 0.458 e. The summed E-state index contributed by atoms with van der Waals surface area (Å²) in [6.45, 7) is 0.0914. The third-order valence-corrected chi connectivity index (χ3v) is 10.1. The summed E-state index contributed by atoms with van der Waals surface area (Å²) in [6.07, 6.45) is 0. The first-order chi connectivity index (χ1) is 22.8. The summed E-state index contributed by atoms with van der Waals surface area (Å²) in [7, 11) is 0. The molecule has 0 unspecified atom stereocenters. The van der Waals surface area contributed by atoms with E-state index in [4.69, 9.17) is 4.74 Å². The fourth-order valence-electron chi connectivity index (χ4n) is 8.27. The van der Waals surface area contributed by atoms with Crippen LogP contribution in [0.1, 0.15) is 0 Å². The molecule has 9 aromatic rings. The van der Waals surface area contributed by atoms with Crippen molar-refractivity contribution in [1.29, 1.82) is 0 Å². The van der Waals surface area contributed by atoms with E-state index in [9.17, 15) is 0 Å². The molecule has 4 heteroatoms. The minimum Gasteiger partial charge on any atom is -0.458 e. The molecule has 7 aromatic carbocycles. The molecule has 0 atom stereocenters. The number of fused-ring (bicyclic) bond motifs is 10. The van der Waals surface area contributed by atoms with E-state index in [1.165, 1.54) is 71.3 Å². The maximum atomic E-state index is 6.76. The fourth-order valence-corrected chi connectivity index (χ4v) is 8.27. The summed E-state index contributed by atoms with van der Waals surface area (Å²) in [5, 5.41) is 5.09. The van der Waals surface area contributed by atoms with Crippen molar-refractivity contribution >= 4 is 66.7 Å². The van der Waals surface area contributed by atoms with Crippen LogP contribution in [0.2, 0.25) is 0 Å². The monoisotopic (exact) mass is 584 g/mol. The molecular formula is C42H25BN2O. The van der Waals surface area contributed by atoms with Crippen LogP contribution in [0.5, 0.6) is 11.5 Å². The lowest BCUT2D eigenvalue weighted by Gasteiger charge is -2.33. The number of rotatable bonds is 2. The van der Waals surface area contributed by atoms with Crippen molar-refractivity contribution < 1.29 is 4.74 Å². The molecule has 46 heavy (non-hydrogen) atoms. The first-order valence-corrected chi connectivity index (χ1v) is 15.9. The van der Waals surface area contributed by atoms with Crippen LogP contribution in [0.4, 0.5) is 0 Å². The highest BCUT2D eigenvalue weighted by molar-refractivity contribution is 6.99. The Morgan fingerprint density at radius 2 is 1.13 bits per heavy atom. The van der Waals surface area contributed by atoms with Gasteiger partial charge in [0.05, 0.1) is 16.6 Å². The van der Waals surface area contributed by atoms with Crippen LogP contribution in [0.3, 0.4) is 0 Å². The third kappa shape index (κ3) is 3.08. The summed E-state index contributed by atoms with van der Waals surface area (Å²) in [4.78, 5) is 0. The van der Waals surface area contributed by atoms with Gasteiger partial charge < -0.3 is 13.9 Å². The van der Waals surface area contributed by atoms with E-state index in [0.29, 0.717) is 0 Å². The first kappa shape index (κ1) is 24.3. The van der Waals surface area contributed by atoms with Gasteiger partial charge in [-0.3, -0.25) is 0 Å². The molecule has 212 valence electrons. The van der Waals surface area contributed by atoms with E-state index in [2.05, 4.69) is 161 Å². The Morgan fingerprint density at radius 1 is 0.435 bits per heavy atom. The van der Waals surface area contributed by atoms with E-state index in [1.54, 1.807) is 0 Å². The molecule has 0 fully saturated rings. The van der Waals surface area contributed by atoms with E-state index in [0.717, 1.165) is 22.7 Å². The lowest BCUT2D eigenvalue weighted by Crippen LogP contribution is -2.58. The van der Waals surface area contributed by atoms with Gasteiger partial charge in [-0.25, -0.2) is 0 Å². The maximum Gasteiger partial charge on any atom is 0.256 e. The fraction of sp³-hybridized carbons (Fsp3) is 0. The topological polar surface area (TPSA) is 19.1 Å². The molecular weight excluding hydrogens is 559 g/mol. The van der Waals surface area contributed by atoms with Crippen LogP contribution in [-0.2, 0) is 0 Å². The lowest BCUT2D eigenvalue weighted by atomic mass is 9.34. The van der Waals surface area contributed by atoms with Gasteiger partial charge in [-0.05, 0) is 76.0 Å². The molecule has 0 saturated carbocycles. The highest BCUT2D eigenvalue weighted by Crippen LogP contribution is 2.42. The molecule has 0 N–H and O–H groups in total. The van der Waals surface area contributed by atoms with Crippen molar-refractivity contribution in [1.82, 2.24) is 9.13 Å². The van der Waals surface area contributed by atoms with Crippen LogP contribution < -0.4 is 21.1 Å². The highest BCUT2D eigenvalue weighted by atomic mass is 16.5. The number of nitrogens with zero attached hydrogens (tertiary/aromatic N) is 2.